The minimum atomic E-state index is -0.519. The van der Waals surface area contributed by atoms with Gasteiger partial charge in [-0.25, -0.2) is 9.78 Å². The van der Waals surface area contributed by atoms with Crippen LogP contribution in [0.15, 0.2) is 71.2 Å². The van der Waals surface area contributed by atoms with Crippen LogP contribution in [0.25, 0.3) is 5.69 Å². The molecule has 2 aromatic carbocycles. The first kappa shape index (κ1) is 24.4. The van der Waals surface area contributed by atoms with Crippen molar-refractivity contribution in [1.82, 2.24) is 19.7 Å². The molecule has 1 atom stereocenters. The zero-order valence-electron chi connectivity index (χ0n) is 19.1. The third kappa shape index (κ3) is 6.25. The Morgan fingerprint density at radius 2 is 1.80 bits per heavy atom. The van der Waals surface area contributed by atoms with Gasteiger partial charge in [-0.05, 0) is 38.1 Å². The number of hydrogen-bond donors (Lipinski definition) is 1. The fraction of sp³-hybridized carbons (Fsp3) is 0.208. The Hall–Kier alpha value is -3.70. The number of para-hydroxylation sites is 2. The van der Waals surface area contributed by atoms with Crippen molar-refractivity contribution in [2.75, 3.05) is 17.7 Å². The Morgan fingerprint density at radius 3 is 2.51 bits per heavy atom. The van der Waals surface area contributed by atoms with Gasteiger partial charge in [0, 0.05) is 11.1 Å². The van der Waals surface area contributed by atoms with Crippen LogP contribution in [0, 0.1) is 0 Å². The molecule has 0 spiro atoms. The second kappa shape index (κ2) is 11.6. The summed E-state index contributed by atoms with van der Waals surface area (Å²) >= 11 is 2.40. The number of carbonyl (C=O) groups is 2. The zero-order chi connectivity index (χ0) is 24.6. The maximum Gasteiger partial charge on any atom is 0.357 e. The number of rotatable bonds is 10. The highest BCUT2D eigenvalue weighted by Gasteiger charge is 2.22. The lowest BCUT2D eigenvalue weighted by molar-refractivity contribution is -0.113. The van der Waals surface area contributed by atoms with Crippen LogP contribution < -0.4 is 10.1 Å². The number of esters is 1. The second-order valence-electron chi connectivity index (χ2n) is 7.18. The maximum absolute atomic E-state index is 12.6. The van der Waals surface area contributed by atoms with Gasteiger partial charge >= 0.3 is 5.97 Å². The Labute approximate surface area is 210 Å². The van der Waals surface area contributed by atoms with E-state index in [0.717, 1.165) is 22.8 Å². The lowest BCUT2D eigenvalue weighted by atomic mass is 10.3. The minimum absolute atomic E-state index is 0.0766. The smallest absolute Gasteiger partial charge is 0.357 e. The zero-order valence-corrected chi connectivity index (χ0v) is 20.7. The highest BCUT2D eigenvalue weighted by atomic mass is 32.2. The molecule has 1 amide bonds. The third-order valence-corrected chi connectivity index (χ3v) is 6.35. The minimum Gasteiger partial charge on any atom is -0.483 e. The van der Waals surface area contributed by atoms with Crippen LogP contribution >= 0.6 is 23.1 Å². The molecule has 9 nitrogen and oxygen atoms in total. The van der Waals surface area contributed by atoms with Gasteiger partial charge in [0.2, 0.25) is 5.91 Å². The lowest BCUT2D eigenvalue weighted by Gasteiger charge is -2.16. The van der Waals surface area contributed by atoms with Gasteiger partial charge in [0.25, 0.3) is 0 Å². The number of benzene rings is 2. The van der Waals surface area contributed by atoms with Crippen molar-refractivity contribution in [2.24, 2.45) is 0 Å². The molecule has 0 saturated carbocycles. The molecular weight excluding hydrogens is 486 g/mol. The highest BCUT2D eigenvalue weighted by Crippen LogP contribution is 2.28. The Bertz CT molecular complexity index is 1280. The molecule has 0 aliphatic carbocycles. The monoisotopic (exact) mass is 509 g/mol. The van der Waals surface area contributed by atoms with E-state index in [2.05, 4.69) is 20.5 Å². The Balaban J connectivity index is 1.47. The summed E-state index contributed by atoms with van der Waals surface area (Å²) in [6, 6.07) is 19.2. The average molecular weight is 510 g/mol. The molecule has 2 aromatic heterocycles. The van der Waals surface area contributed by atoms with Crippen LogP contribution in [0.5, 0.6) is 5.75 Å². The molecule has 0 fully saturated rings. The van der Waals surface area contributed by atoms with Crippen LogP contribution in [0.4, 0.5) is 5.13 Å². The number of nitrogens with zero attached hydrogens (tertiary/aromatic N) is 4. The van der Waals surface area contributed by atoms with Gasteiger partial charge in [-0.3, -0.25) is 9.36 Å². The van der Waals surface area contributed by atoms with E-state index in [1.807, 2.05) is 72.2 Å². The van der Waals surface area contributed by atoms with Crippen LogP contribution in [0.3, 0.4) is 0 Å². The molecule has 2 heterocycles. The highest BCUT2D eigenvalue weighted by molar-refractivity contribution is 7.99. The molecule has 4 aromatic rings. The van der Waals surface area contributed by atoms with Gasteiger partial charge in [-0.1, -0.05) is 48.2 Å². The number of aromatic nitrogens is 4. The number of nitrogens with one attached hydrogen (secondary N) is 1. The van der Waals surface area contributed by atoms with Crippen LogP contribution in [-0.4, -0.2) is 44.0 Å². The fourth-order valence-electron chi connectivity index (χ4n) is 3.13. The molecule has 180 valence electrons. The molecule has 0 radical (unpaired) electrons. The van der Waals surface area contributed by atoms with Crippen molar-refractivity contribution in [3.05, 3.63) is 77.6 Å². The first-order valence-electron chi connectivity index (χ1n) is 10.8. The Morgan fingerprint density at radius 1 is 1.09 bits per heavy atom. The van der Waals surface area contributed by atoms with E-state index >= 15 is 0 Å². The molecule has 35 heavy (non-hydrogen) atoms. The van der Waals surface area contributed by atoms with E-state index in [0.29, 0.717) is 16.1 Å². The predicted octanol–water partition coefficient (Wildman–Crippen LogP) is 4.77. The average Bonchev–Trinajstić information content (AvgIpc) is 3.51. The summed E-state index contributed by atoms with van der Waals surface area (Å²) in [7, 11) is 0. The van der Waals surface area contributed by atoms with E-state index in [1.165, 1.54) is 11.8 Å². The normalized spacial score (nSPS) is 11.6. The SMILES string of the molecule is CCOC(=O)c1csc(NC(=O)CSc2nnc(C(C)Oc3ccccc3)n2-c2ccccc2)n1. The van der Waals surface area contributed by atoms with Gasteiger partial charge in [0.1, 0.15) is 5.75 Å². The molecule has 0 bridgehead atoms. The standard InChI is InChI=1S/C24H23N5O4S2/c1-3-32-22(31)19-14-34-23(25-19)26-20(30)15-35-24-28-27-21(29(24)17-10-6-4-7-11-17)16(2)33-18-12-8-5-9-13-18/h4-14,16H,3,15H2,1-2H3,(H,25,26,30). The summed E-state index contributed by atoms with van der Waals surface area (Å²) < 4.78 is 12.9. The fourth-order valence-corrected chi connectivity index (χ4v) is 4.58. The van der Waals surface area contributed by atoms with E-state index in [1.54, 1.807) is 12.3 Å². The number of ether oxygens (including phenoxy) is 2. The number of carbonyl (C=O) groups excluding carboxylic acids is 2. The molecule has 0 saturated heterocycles. The molecule has 0 aliphatic rings. The van der Waals surface area contributed by atoms with Gasteiger partial charge < -0.3 is 14.8 Å². The number of anilines is 1. The summed E-state index contributed by atoms with van der Waals surface area (Å²) in [6.45, 7) is 3.88. The number of hydrogen-bond acceptors (Lipinski definition) is 9. The third-order valence-electron chi connectivity index (χ3n) is 4.66. The van der Waals surface area contributed by atoms with Crippen molar-refractivity contribution in [2.45, 2.75) is 25.1 Å². The number of thiazole rings is 1. The molecule has 0 aliphatic heterocycles. The van der Waals surface area contributed by atoms with E-state index in [-0.39, 0.29) is 30.1 Å². The largest absolute Gasteiger partial charge is 0.483 e. The Kier molecular flexibility index (Phi) is 8.11. The summed E-state index contributed by atoms with van der Waals surface area (Å²) in [5.41, 5.74) is 1.03. The lowest BCUT2D eigenvalue weighted by Crippen LogP contribution is -2.15. The van der Waals surface area contributed by atoms with E-state index in [9.17, 15) is 9.59 Å². The van der Waals surface area contributed by atoms with Crippen molar-refractivity contribution in [1.29, 1.82) is 0 Å². The number of amides is 1. The molecule has 1 N–H and O–H groups in total. The molecule has 4 rings (SSSR count). The van der Waals surface area contributed by atoms with E-state index < -0.39 is 5.97 Å². The van der Waals surface area contributed by atoms with Crippen molar-refractivity contribution in [3.63, 3.8) is 0 Å². The number of thioether (sulfide) groups is 1. The van der Waals surface area contributed by atoms with Crippen LogP contribution in [0.2, 0.25) is 0 Å². The van der Waals surface area contributed by atoms with Crippen molar-refractivity contribution >= 4 is 40.1 Å². The molecular formula is C24H23N5O4S2. The van der Waals surface area contributed by atoms with E-state index in [4.69, 9.17) is 9.47 Å². The molecule has 1 unspecified atom stereocenters. The van der Waals surface area contributed by atoms with Gasteiger partial charge in [-0.15, -0.1) is 21.5 Å². The first-order valence-corrected chi connectivity index (χ1v) is 12.7. The maximum atomic E-state index is 12.6. The predicted molar refractivity (Wildman–Crippen MR) is 134 cm³/mol. The van der Waals surface area contributed by atoms with Gasteiger partial charge in [0.05, 0.1) is 12.4 Å². The first-order chi connectivity index (χ1) is 17.0. The van der Waals surface area contributed by atoms with Crippen molar-refractivity contribution in [3.8, 4) is 11.4 Å². The second-order valence-corrected chi connectivity index (χ2v) is 8.98. The summed E-state index contributed by atoms with van der Waals surface area (Å²) in [5.74, 6) is 0.614. The van der Waals surface area contributed by atoms with Gasteiger partial charge in [0.15, 0.2) is 27.9 Å². The summed E-state index contributed by atoms with van der Waals surface area (Å²) in [5, 5.41) is 13.8. The topological polar surface area (TPSA) is 108 Å². The summed E-state index contributed by atoms with van der Waals surface area (Å²) in [4.78, 5) is 28.4. The van der Waals surface area contributed by atoms with Crippen LogP contribution in [0.1, 0.15) is 36.3 Å². The summed E-state index contributed by atoms with van der Waals surface area (Å²) in [6.07, 6.45) is -0.384. The van der Waals surface area contributed by atoms with Crippen LogP contribution in [-0.2, 0) is 9.53 Å². The van der Waals surface area contributed by atoms with Gasteiger partial charge in [-0.2, -0.15) is 0 Å². The quantitative estimate of drug-likeness (QED) is 0.241. The van der Waals surface area contributed by atoms with Crippen molar-refractivity contribution < 1.29 is 19.1 Å². The molecule has 11 heteroatoms.